The molecule has 1 fully saturated rings. The average Bonchev–Trinajstić information content (AvgIpc) is 3.62. The molecule has 1 heterocycles. The zero-order valence-corrected chi connectivity index (χ0v) is 21.4. The number of nitrogens with zero attached hydrogens (tertiary/aromatic N) is 4. The zero-order chi connectivity index (χ0) is 27.4. The van der Waals surface area contributed by atoms with Crippen LogP contribution in [0.2, 0.25) is 0 Å². The van der Waals surface area contributed by atoms with Crippen molar-refractivity contribution in [3.63, 3.8) is 0 Å². The monoisotopic (exact) mass is 529 g/mol. The highest BCUT2D eigenvalue weighted by Gasteiger charge is 2.35. The first kappa shape index (κ1) is 26.0. The molecule has 4 aromatic rings. The summed E-state index contributed by atoms with van der Waals surface area (Å²) in [5, 5.41) is 11.4. The van der Waals surface area contributed by atoms with E-state index >= 15 is 0 Å². The maximum atomic E-state index is 14.0. The van der Waals surface area contributed by atoms with Gasteiger partial charge in [-0.3, -0.25) is 14.5 Å². The predicted molar refractivity (Wildman–Crippen MR) is 142 cm³/mol. The maximum Gasteiger partial charge on any atom is 0.337 e. The van der Waals surface area contributed by atoms with Crippen LogP contribution in [-0.2, 0) is 20.9 Å². The number of rotatable bonds is 8. The van der Waals surface area contributed by atoms with E-state index in [1.54, 1.807) is 18.2 Å². The Balaban J connectivity index is 1.57. The minimum atomic E-state index is -1.10. The number of anilines is 1. The number of nitrogens with one attached hydrogen (secondary N) is 1. The molecular weight excluding hydrogens is 501 g/mol. The minimum absolute atomic E-state index is 0.00152. The molecular formula is C29H28FN5O4. The third kappa shape index (κ3) is 5.64. The molecule has 1 saturated carbocycles. The minimum Gasteiger partial charge on any atom is -0.465 e. The lowest BCUT2D eigenvalue weighted by molar-refractivity contribution is -0.127. The number of hydrogen-bond acceptors (Lipinski definition) is 6. The Kier molecular flexibility index (Phi) is 7.62. The third-order valence-corrected chi connectivity index (χ3v) is 6.93. The SMILES string of the molecule is COC(=O)c1ccc(N(C(=O)Cn2nnc3ccccc32)[C@@H](C(=O)NC2CCCC2)c2ccc(F)cc2)cc1. The first-order valence-corrected chi connectivity index (χ1v) is 12.8. The number of benzene rings is 3. The smallest absolute Gasteiger partial charge is 0.337 e. The molecule has 10 heteroatoms. The fraction of sp³-hybridized carbons (Fsp3) is 0.276. The number of carbonyl (C=O) groups is 3. The van der Waals surface area contributed by atoms with Crippen molar-refractivity contribution in [1.29, 1.82) is 0 Å². The van der Waals surface area contributed by atoms with Gasteiger partial charge in [0.15, 0.2) is 0 Å². The van der Waals surface area contributed by atoms with Gasteiger partial charge in [0.2, 0.25) is 11.8 Å². The molecule has 9 nitrogen and oxygen atoms in total. The Hall–Kier alpha value is -4.60. The van der Waals surface area contributed by atoms with Crippen LogP contribution in [0.5, 0.6) is 0 Å². The van der Waals surface area contributed by atoms with Crippen molar-refractivity contribution in [3.05, 3.63) is 89.7 Å². The summed E-state index contributed by atoms with van der Waals surface area (Å²) >= 11 is 0. The first-order chi connectivity index (χ1) is 18.9. The molecule has 5 rings (SSSR count). The molecule has 200 valence electrons. The highest BCUT2D eigenvalue weighted by atomic mass is 19.1. The van der Waals surface area contributed by atoms with Crippen molar-refractivity contribution in [2.45, 2.75) is 44.3 Å². The molecule has 1 aliphatic carbocycles. The summed E-state index contributed by atoms with van der Waals surface area (Å²) in [7, 11) is 1.28. The summed E-state index contributed by atoms with van der Waals surface area (Å²) in [5.74, 6) is -1.79. The second-order valence-corrected chi connectivity index (χ2v) is 9.48. The number of aromatic nitrogens is 3. The molecule has 1 N–H and O–H groups in total. The summed E-state index contributed by atoms with van der Waals surface area (Å²) in [6, 6.07) is 17.9. The number of amides is 2. The maximum absolute atomic E-state index is 14.0. The van der Waals surface area contributed by atoms with Crippen molar-refractivity contribution >= 4 is 34.5 Å². The fourth-order valence-corrected chi connectivity index (χ4v) is 4.96. The number of para-hydroxylation sites is 1. The molecule has 1 atom stereocenters. The summed E-state index contributed by atoms with van der Waals surface area (Å²) in [5.41, 5.74) is 2.42. The highest BCUT2D eigenvalue weighted by molar-refractivity contribution is 6.02. The van der Waals surface area contributed by atoms with Crippen LogP contribution in [0.15, 0.2) is 72.8 Å². The number of halogens is 1. The number of esters is 1. The van der Waals surface area contributed by atoms with Gasteiger partial charge in [0.05, 0.1) is 18.2 Å². The van der Waals surface area contributed by atoms with Crippen molar-refractivity contribution in [3.8, 4) is 0 Å². The van der Waals surface area contributed by atoms with Gasteiger partial charge in [-0.2, -0.15) is 0 Å². The van der Waals surface area contributed by atoms with Gasteiger partial charge in [0.25, 0.3) is 0 Å². The van der Waals surface area contributed by atoms with E-state index in [0.717, 1.165) is 25.7 Å². The Morgan fingerprint density at radius 3 is 2.41 bits per heavy atom. The van der Waals surface area contributed by atoms with Gasteiger partial charge in [0, 0.05) is 11.7 Å². The molecule has 2 amide bonds. The first-order valence-electron chi connectivity index (χ1n) is 12.8. The fourth-order valence-electron chi connectivity index (χ4n) is 4.96. The largest absolute Gasteiger partial charge is 0.465 e. The van der Waals surface area contributed by atoms with E-state index in [0.29, 0.717) is 27.8 Å². The summed E-state index contributed by atoms with van der Waals surface area (Å²) in [6.45, 7) is -0.201. The van der Waals surface area contributed by atoms with Crippen molar-refractivity contribution in [1.82, 2.24) is 20.3 Å². The van der Waals surface area contributed by atoms with Crippen LogP contribution in [0.3, 0.4) is 0 Å². The lowest BCUT2D eigenvalue weighted by Crippen LogP contribution is -2.47. The van der Waals surface area contributed by atoms with Crippen LogP contribution in [-0.4, -0.2) is 45.9 Å². The number of methoxy groups -OCH3 is 1. The molecule has 0 bridgehead atoms. The van der Waals surface area contributed by atoms with Gasteiger partial charge in [-0.15, -0.1) is 5.10 Å². The van der Waals surface area contributed by atoms with Crippen LogP contribution in [0.25, 0.3) is 11.0 Å². The van der Waals surface area contributed by atoms with Gasteiger partial charge < -0.3 is 10.1 Å². The molecule has 0 aliphatic heterocycles. The Morgan fingerprint density at radius 1 is 1.03 bits per heavy atom. The standard InChI is InChI=1S/C29H28FN5O4/c1-39-29(38)20-12-16-23(17-13-20)35(26(36)18-34-25-9-5-4-8-24(25)32-33-34)27(19-10-14-21(30)15-11-19)28(37)31-22-6-2-3-7-22/h4-5,8-17,22,27H,2-3,6-7,18H2,1H3,(H,31,37)/t27-/m1/s1. The molecule has 3 aromatic carbocycles. The average molecular weight is 530 g/mol. The van der Waals surface area contributed by atoms with E-state index < -0.39 is 23.7 Å². The molecule has 39 heavy (non-hydrogen) atoms. The normalized spacial score (nSPS) is 14.2. The number of hydrogen-bond donors (Lipinski definition) is 1. The molecule has 1 aliphatic rings. The quantitative estimate of drug-likeness (QED) is 0.343. The van der Waals surface area contributed by atoms with E-state index in [1.165, 1.54) is 53.1 Å². The lowest BCUT2D eigenvalue weighted by Gasteiger charge is -2.32. The Morgan fingerprint density at radius 2 is 1.72 bits per heavy atom. The van der Waals surface area contributed by atoms with Gasteiger partial charge >= 0.3 is 5.97 Å². The summed E-state index contributed by atoms with van der Waals surface area (Å²) < 4.78 is 20.1. The molecule has 0 spiro atoms. The van der Waals surface area contributed by atoms with Crippen LogP contribution in [0, 0.1) is 5.82 Å². The number of fused-ring (bicyclic) bond motifs is 1. The Bertz CT molecular complexity index is 1480. The number of carbonyl (C=O) groups excluding carboxylic acids is 3. The van der Waals surface area contributed by atoms with Gasteiger partial charge in [-0.05, 0) is 66.9 Å². The van der Waals surface area contributed by atoms with E-state index in [-0.39, 0.29) is 18.5 Å². The van der Waals surface area contributed by atoms with Crippen LogP contribution in [0.4, 0.5) is 10.1 Å². The van der Waals surface area contributed by atoms with Gasteiger partial charge in [-0.25, -0.2) is 13.9 Å². The van der Waals surface area contributed by atoms with E-state index in [4.69, 9.17) is 4.74 Å². The van der Waals surface area contributed by atoms with E-state index in [9.17, 15) is 18.8 Å². The van der Waals surface area contributed by atoms with Crippen molar-refractivity contribution in [2.24, 2.45) is 0 Å². The van der Waals surface area contributed by atoms with Crippen LogP contribution in [0.1, 0.15) is 47.6 Å². The van der Waals surface area contributed by atoms with Crippen LogP contribution < -0.4 is 10.2 Å². The van der Waals surface area contributed by atoms with Gasteiger partial charge in [0.1, 0.15) is 23.9 Å². The summed E-state index contributed by atoms with van der Waals surface area (Å²) in [4.78, 5) is 41.3. The van der Waals surface area contributed by atoms with E-state index in [1.807, 2.05) is 18.2 Å². The zero-order valence-electron chi connectivity index (χ0n) is 21.4. The molecule has 0 saturated heterocycles. The van der Waals surface area contributed by atoms with Gasteiger partial charge in [-0.1, -0.05) is 42.3 Å². The Labute approximate surface area is 224 Å². The van der Waals surface area contributed by atoms with Crippen molar-refractivity contribution < 1.29 is 23.5 Å². The molecule has 0 radical (unpaired) electrons. The molecule has 0 unspecified atom stereocenters. The molecule has 1 aromatic heterocycles. The third-order valence-electron chi connectivity index (χ3n) is 6.93. The second-order valence-electron chi connectivity index (χ2n) is 9.48. The second kappa shape index (κ2) is 11.4. The highest BCUT2D eigenvalue weighted by Crippen LogP contribution is 2.30. The predicted octanol–water partition coefficient (Wildman–Crippen LogP) is 4.19. The van der Waals surface area contributed by atoms with Crippen molar-refractivity contribution in [2.75, 3.05) is 12.0 Å². The van der Waals surface area contributed by atoms with E-state index in [2.05, 4.69) is 15.6 Å². The topological polar surface area (TPSA) is 106 Å². The number of ether oxygens (including phenoxy) is 1. The lowest BCUT2D eigenvalue weighted by atomic mass is 10.0. The summed E-state index contributed by atoms with van der Waals surface area (Å²) in [6.07, 6.45) is 3.75. The van der Waals surface area contributed by atoms with Crippen LogP contribution >= 0.6 is 0 Å².